The maximum atomic E-state index is 4.15. The number of nitrogens with one attached hydrogen (secondary N) is 1. The Hall–Kier alpha value is -1.55. The minimum absolute atomic E-state index is 0.652. The summed E-state index contributed by atoms with van der Waals surface area (Å²) < 4.78 is 0. The number of benzene rings is 1. The molecule has 0 spiro atoms. The van der Waals surface area contributed by atoms with E-state index in [1.807, 2.05) is 6.07 Å². The van der Waals surface area contributed by atoms with Crippen LogP contribution in [0.2, 0.25) is 0 Å². The van der Waals surface area contributed by atoms with Crippen LogP contribution in [-0.4, -0.2) is 16.2 Å². The second-order valence-electron chi connectivity index (χ2n) is 3.25. The zero-order valence-electron chi connectivity index (χ0n) is 9.05. The molecule has 0 saturated carbocycles. The first-order valence-corrected chi connectivity index (χ1v) is 6.25. The normalized spacial score (nSPS) is 10.1. The van der Waals surface area contributed by atoms with E-state index >= 15 is 0 Å². The first-order chi connectivity index (χ1) is 7.88. The molecular weight excluding hydrogens is 218 g/mol. The number of rotatable bonds is 4. The summed E-state index contributed by atoms with van der Waals surface area (Å²) >= 11 is 1.74. The molecule has 0 atom stereocenters. The van der Waals surface area contributed by atoms with Crippen LogP contribution in [0, 0.1) is 0 Å². The van der Waals surface area contributed by atoms with Gasteiger partial charge in [0.1, 0.15) is 5.82 Å². The Bertz CT molecular complexity index is 428. The molecule has 3 nitrogen and oxygen atoms in total. The third-order valence-electron chi connectivity index (χ3n) is 2.16. The zero-order chi connectivity index (χ0) is 11.2. The van der Waals surface area contributed by atoms with Gasteiger partial charge in [-0.15, -0.1) is 11.8 Å². The third-order valence-corrected chi connectivity index (χ3v) is 2.90. The molecule has 0 fully saturated rings. The van der Waals surface area contributed by atoms with Gasteiger partial charge in [-0.3, -0.25) is 0 Å². The SMILES string of the molecule is CSc1ccc(NCc2ncccn2)cc1. The maximum absolute atomic E-state index is 4.15. The summed E-state index contributed by atoms with van der Waals surface area (Å²) in [7, 11) is 0. The van der Waals surface area contributed by atoms with Crippen molar-refractivity contribution in [3.05, 3.63) is 48.5 Å². The van der Waals surface area contributed by atoms with Crippen molar-refractivity contribution in [3.63, 3.8) is 0 Å². The number of hydrogen-bond acceptors (Lipinski definition) is 4. The topological polar surface area (TPSA) is 37.8 Å². The van der Waals surface area contributed by atoms with E-state index in [1.54, 1.807) is 24.2 Å². The first-order valence-electron chi connectivity index (χ1n) is 5.02. The fourth-order valence-corrected chi connectivity index (χ4v) is 1.72. The molecule has 2 rings (SSSR count). The Balaban J connectivity index is 1.94. The molecule has 0 bridgehead atoms. The standard InChI is InChI=1S/C12H13N3S/c1-16-11-5-3-10(4-6-11)15-9-12-13-7-2-8-14-12/h2-8,15H,9H2,1H3. The molecule has 0 unspecified atom stereocenters. The Kier molecular flexibility index (Phi) is 3.77. The van der Waals surface area contributed by atoms with Crippen LogP contribution in [0.15, 0.2) is 47.6 Å². The molecule has 1 heterocycles. The number of aromatic nitrogens is 2. The number of nitrogens with zero attached hydrogens (tertiary/aromatic N) is 2. The smallest absolute Gasteiger partial charge is 0.147 e. The summed E-state index contributed by atoms with van der Waals surface area (Å²) in [6.45, 7) is 0.652. The molecule has 2 aromatic rings. The lowest BCUT2D eigenvalue weighted by molar-refractivity contribution is 0.948. The molecule has 0 aliphatic heterocycles. The van der Waals surface area contributed by atoms with Crippen LogP contribution in [0.5, 0.6) is 0 Å². The predicted molar refractivity (Wildman–Crippen MR) is 67.6 cm³/mol. The Labute approximate surface area is 99.3 Å². The summed E-state index contributed by atoms with van der Waals surface area (Å²) in [5, 5.41) is 3.28. The van der Waals surface area contributed by atoms with Crippen LogP contribution >= 0.6 is 11.8 Å². The van der Waals surface area contributed by atoms with Gasteiger partial charge in [-0.1, -0.05) is 0 Å². The van der Waals surface area contributed by atoms with Gasteiger partial charge in [0.25, 0.3) is 0 Å². The van der Waals surface area contributed by atoms with Crippen LogP contribution in [-0.2, 0) is 6.54 Å². The highest BCUT2D eigenvalue weighted by Gasteiger charge is 1.95. The van der Waals surface area contributed by atoms with Gasteiger partial charge < -0.3 is 5.32 Å². The highest BCUT2D eigenvalue weighted by Crippen LogP contribution is 2.17. The van der Waals surface area contributed by atoms with Gasteiger partial charge in [-0.2, -0.15) is 0 Å². The Morgan fingerprint density at radius 2 is 1.81 bits per heavy atom. The molecule has 82 valence electrons. The summed E-state index contributed by atoms with van der Waals surface area (Å²) in [6, 6.07) is 10.1. The molecule has 0 aliphatic rings. The van der Waals surface area contributed by atoms with Gasteiger partial charge >= 0.3 is 0 Å². The molecule has 0 saturated heterocycles. The Morgan fingerprint density at radius 1 is 1.12 bits per heavy atom. The lowest BCUT2D eigenvalue weighted by Gasteiger charge is -2.05. The van der Waals surface area contributed by atoms with Crippen molar-refractivity contribution in [2.45, 2.75) is 11.4 Å². The zero-order valence-corrected chi connectivity index (χ0v) is 9.87. The minimum atomic E-state index is 0.652. The highest BCUT2D eigenvalue weighted by molar-refractivity contribution is 7.98. The third kappa shape index (κ3) is 2.97. The molecule has 0 aliphatic carbocycles. The van der Waals surface area contributed by atoms with Gasteiger partial charge in [0.05, 0.1) is 6.54 Å². The van der Waals surface area contributed by atoms with Crippen LogP contribution in [0.4, 0.5) is 5.69 Å². The van der Waals surface area contributed by atoms with E-state index in [9.17, 15) is 0 Å². The van der Waals surface area contributed by atoms with Crippen molar-refractivity contribution in [3.8, 4) is 0 Å². The summed E-state index contributed by atoms with van der Waals surface area (Å²) in [4.78, 5) is 9.56. The molecule has 1 N–H and O–H groups in total. The summed E-state index contributed by atoms with van der Waals surface area (Å²) in [6.07, 6.45) is 5.57. The molecule has 4 heteroatoms. The van der Waals surface area contributed by atoms with Gasteiger partial charge in [0.15, 0.2) is 0 Å². The van der Waals surface area contributed by atoms with E-state index in [0.29, 0.717) is 6.54 Å². The molecule has 16 heavy (non-hydrogen) atoms. The van der Waals surface area contributed by atoms with Crippen molar-refractivity contribution in [1.29, 1.82) is 0 Å². The first kappa shape index (κ1) is 11.0. The van der Waals surface area contributed by atoms with Crippen LogP contribution in [0.1, 0.15) is 5.82 Å². The number of anilines is 1. The van der Waals surface area contributed by atoms with Gasteiger partial charge in [0.2, 0.25) is 0 Å². The van der Waals surface area contributed by atoms with Crippen molar-refractivity contribution in [2.24, 2.45) is 0 Å². The largest absolute Gasteiger partial charge is 0.378 e. The molecule has 0 amide bonds. The second kappa shape index (κ2) is 5.51. The number of thioether (sulfide) groups is 1. The van der Waals surface area contributed by atoms with Crippen molar-refractivity contribution in [2.75, 3.05) is 11.6 Å². The predicted octanol–water partition coefficient (Wildman–Crippen LogP) is 2.81. The van der Waals surface area contributed by atoms with Crippen LogP contribution in [0.25, 0.3) is 0 Å². The average molecular weight is 231 g/mol. The number of hydrogen-bond donors (Lipinski definition) is 1. The van der Waals surface area contributed by atoms with E-state index in [1.165, 1.54) is 4.90 Å². The lowest BCUT2D eigenvalue weighted by Crippen LogP contribution is -2.03. The molecule has 1 aromatic carbocycles. The molecular formula is C12H13N3S. The monoisotopic (exact) mass is 231 g/mol. The fraction of sp³-hybridized carbons (Fsp3) is 0.167. The van der Waals surface area contributed by atoms with Gasteiger partial charge in [-0.05, 0) is 36.6 Å². The quantitative estimate of drug-likeness (QED) is 0.821. The van der Waals surface area contributed by atoms with Crippen molar-refractivity contribution >= 4 is 17.4 Å². The summed E-state index contributed by atoms with van der Waals surface area (Å²) in [5.41, 5.74) is 1.09. The van der Waals surface area contributed by atoms with Crippen LogP contribution < -0.4 is 5.32 Å². The average Bonchev–Trinajstić information content (AvgIpc) is 2.38. The Morgan fingerprint density at radius 3 is 2.44 bits per heavy atom. The fourth-order valence-electron chi connectivity index (χ4n) is 1.31. The molecule has 0 radical (unpaired) electrons. The van der Waals surface area contributed by atoms with Crippen LogP contribution in [0.3, 0.4) is 0 Å². The van der Waals surface area contributed by atoms with Gasteiger partial charge in [-0.25, -0.2) is 9.97 Å². The van der Waals surface area contributed by atoms with E-state index < -0.39 is 0 Å². The van der Waals surface area contributed by atoms with Crippen molar-refractivity contribution < 1.29 is 0 Å². The van der Waals surface area contributed by atoms with Gasteiger partial charge in [0, 0.05) is 23.0 Å². The summed E-state index contributed by atoms with van der Waals surface area (Å²) in [5.74, 6) is 0.802. The second-order valence-corrected chi connectivity index (χ2v) is 4.13. The van der Waals surface area contributed by atoms with Crippen molar-refractivity contribution in [1.82, 2.24) is 9.97 Å². The van der Waals surface area contributed by atoms with E-state index in [4.69, 9.17) is 0 Å². The maximum Gasteiger partial charge on any atom is 0.147 e. The lowest BCUT2D eigenvalue weighted by atomic mass is 10.3. The molecule has 1 aromatic heterocycles. The minimum Gasteiger partial charge on any atom is -0.378 e. The van der Waals surface area contributed by atoms with E-state index in [-0.39, 0.29) is 0 Å². The highest BCUT2D eigenvalue weighted by atomic mass is 32.2. The van der Waals surface area contributed by atoms with E-state index in [2.05, 4.69) is 45.8 Å². The van der Waals surface area contributed by atoms with E-state index in [0.717, 1.165) is 11.5 Å².